The highest BCUT2D eigenvalue weighted by atomic mass is 16.5. The molecule has 0 saturated carbocycles. The van der Waals surface area contributed by atoms with Crippen LogP contribution in [-0.4, -0.2) is 9.72 Å². The Hall–Kier alpha value is -2.75. The van der Waals surface area contributed by atoms with Crippen LogP contribution in [-0.2, 0) is 7.05 Å². The summed E-state index contributed by atoms with van der Waals surface area (Å²) in [7, 11) is 2.02. The third kappa shape index (κ3) is 1.58. The molecule has 0 bridgehead atoms. The van der Waals surface area contributed by atoms with E-state index < -0.39 is 0 Å². The van der Waals surface area contributed by atoms with Crippen LogP contribution in [0.5, 0.6) is 0 Å². The Labute approximate surface area is 115 Å². The molecule has 0 unspecified atom stereocenters. The fraction of sp³-hybridized carbons (Fsp3) is 0.0625. The molecule has 0 saturated heterocycles. The van der Waals surface area contributed by atoms with Gasteiger partial charge in [0.1, 0.15) is 5.69 Å². The number of rotatable bonds is 2. The van der Waals surface area contributed by atoms with Gasteiger partial charge in [0.2, 0.25) is 0 Å². The number of fused-ring (bicyclic) bond motifs is 1. The molecule has 0 aliphatic rings. The predicted molar refractivity (Wildman–Crippen MR) is 76.1 cm³/mol. The van der Waals surface area contributed by atoms with E-state index in [2.05, 4.69) is 28.1 Å². The zero-order chi connectivity index (χ0) is 13.5. The minimum absolute atomic E-state index is 0.706. The van der Waals surface area contributed by atoms with E-state index in [4.69, 9.17) is 8.94 Å². The minimum atomic E-state index is 0.706. The first-order chi connectivity index (χ1) is 9.83. The summed E-state index contributed by atoms with van der Waals surface area (Å²) in [4.78, 5) is 0. The van der Waals surface area contributed by atoms with Crippen molar-refractivity contribution in [3.05, 3.63) is 54.9 Å². The van der Waals surface area contributed by atoms with Crippen LogP contribution in [0.4, 0.5) is 0 Å². The van der Waals surface area contributed by atoms with E-state index in [1.807, 2.05) is 37.4 Å². The van der Waals surface area contributed by atoms with Crippen LogP contribution < -0.4 is 0 Å². The molecule has 20 heavy (non-hydrogen) atoms. The van der Waals surface area contributed by atoms with Crippen molar-refractivity contribution in [1.82, 2.24) is 9.72 Å². The summed E-state index contributed by atoms with van der Waals surface area (Å²) in [5, 5.41) is 5.22. The maximum atomic E-state index is 5.47. The van der Waals surface area contributed by atoms with Crippen molar-refractivity contribution in [2.45, 2.75) is 0 Å². The van der Waals surface area contributed by atoms with E-state index in [0.29, 0.717) is 11.5 Å². The standard InChI is InChI=1S/C16H12N2O2/c1-18-10-12(11-5-2-3-6-14(11)18)16-9-13(17-20-16)15-7-4-8-19-15/h2-10H,1H3. The predicted octanol–water partition coefficient (Wildman–Crippen LogP) is 4.09. The highest BCUT2D eigenvalue weighted by molar-refractivity contribution is 5.95. The lowest BCUT2D eigenvalue weighted by molar-refractivity contribution is 0.432. The second-order valence-electron chi connectivity index (χ2n) is 4.72. The molecule has 0 aliphatic heterocycles. The van der Waals surface area contributed by atoms with E-state index in [1.54, 1.807) is 6.26 Å². The van der Waals surface area contributed by atoms with Crippen molar-refractivity contribution in [3.63, 3.8) is 0 Å². The van der Waals surface area contributed by atoms with Gasteiger partial charge in [-0.3, -0.25) is 0 Å². The van der Waals surface area contributed by atoms with E-state index in [1.165, 1.54) is 5.52 Å². The number of hydrogen-bond donors (Lipinski definition) is 0. The van der Waals surface area contributed by atoms with Gasteiger partial charge in [0.15, 0.2) is 11.5 Å². The molecule has 0 radical (unpaired) electrons. The highest BCUT2D eigenvalue weighted by Gasteiger charge is 2.14. The second-order valence-corrected chi connectivity index (χ2v) is 4.72. The van der Waals surface area contributed by atoms with Crippen LogP contribution in [0.1, 0.15) is 0 Å². The molecule has 3 aromatic heterocycles. The molecule has 4 aromatic rings. The van der Waals surface area contributed by atoms with E-state index in [0.717, 1.165) is 16.7 Å². The van der Waals surface area contributed by atoms with E-state index in [9.17, 15) is 0 Å². The van der Waals surface area contributed by atoms with E-state index >= 15 is 0 Å². The van der Waals surface area contributed by atoms with Crippen molar-refractivity contribution in [1.29, 1.82) is 0 Å². The van der Waals surface area contributed by atoms with Gasteiger partial charge in [-0.2, -0.15) is 0 Å². The summed E-state index contributed by atoms with van der Waals surface area (Å²) in [5.41, 5.74) is 2.91. The van der Waals surface area contributed by atoms with Gasteiger partial charge >= 0.3 is 0 Å². The Morgan fingerprint density at radius 3 is 2.80 bits per heavy atom. The molecule has 98 valence electrons. The molecule has 3 heterocycles. The van der Waals surface area contributed by atoms with Crippen molar-refractivity contribution in [2.24, 2.45) is 7.05 Å². The number of hydrogen-bond acceptors (Lipinski definition) is 3. The summed E-state index contributed by atoms with van der Waals surface area (Å²) in [6.07, 6.45) is 3.68. The van der Waals surface area contributed by atoms with Gasteiger partial charge < -0.3 is 13.5 Å². The first kappa shape index (κ1) is 11.1. The Bertz CT molecular complexity index is 869. The molecular formula is C16H12N2O2. The second kappa shape index (κ2) is 4.13. The maximum Gasteiger partial charge on any atom is 0.169 e. The molecule has 0 spiro atoms. The number of nitrogens with zero attached hydrogens (tertiary/aromatic N) is 2. The van der Waals surface area contributed by atoms with Crippen LogP contribution in [0.2, 0.25) is 0 Å². The summed E-state index contributed by atoms with van der Waals surface area (Å²) >= 11 is 0. The summed E-state index contributed by atoms with van der Waals surface area (Å²) in [6.45, 7) is 0. The fourth-order valence-electron chi connectivity index (χ4n) is 2.48. The van der Waals surface area contributed by atoms with Crippen LogP contribution in [0.3, 0.4) is 0 Å². The smallest absolute Gasteiger partial charge is 0.169 e. The normalized spacial score (nSPS) is 11.2. The molecular weight excluding hydrogens is 252 g/mol. The number of aromatic nitrogens is 2. The molecule has 0 amide bonds. The highest BCUT2D eigenvalue weighted by Crippen LogP contribution is 2.32. The van der Waals surface area contributed by atoms with Gasteiger partial charge in [0.05, 0.1) is 6.26 Å². The lowest BCUT2D eigenvalue weighted by atomic mass is 10.1. The third-order valence-electron chi connectivity index (χ3n) is 3.45. The average Bonchev–Trinajstić information content (AvgIpc) is 3.17. The lowest BCUT2D eigenvalue weighted by Gasteiger charge is -1.93. The Morgan fingerprint density at radius 2 is 1.95 bits per heavy atom. The van der Waals surface area contributed by atoms with Gasteiger partial charge in [-0.05, 0) is 18.2 Å². The summed E-state index contributed by atoms with van der Waals surface area (Å²) < 4.78 is 12.9. The van der Waals surface area contributed by atoms with Crippen molar-refractivity contribution >= 4 is 10.9 Å². The van der Waals surface area contributed by atoms with Gasteiger partial charge in [-0.15, -0.1) is 0 Å². The molecule has 0 N–H and O–H groups in total. The maximum absolute atomic E-state index is 5.47. The molecule has 4 heteroatoms. The van der Waals surface area contributed by atoms with Crippen molar-refractivity contribution < 1.29 is 8.94 Å². The Kier molecular flexibility index (Phi) is 2.29. The van der Waals surface area contributed by atoms with Gasteiger partial charge in [-0.1, -0.05) is 23.4 Å². The summed E-state index contributed by atoms with van der Waals surface area (Å²) in [6, 6.07) is 13.8. The largest absolute Gasteiger partial charge is 0.463 e. The van der Waals surface area contributed by atoms with Gasteiger partial charge in [-0.25, -0.2) is 0 Å². The van der Waals surface area contributed by atoms with Crippen LogP contribution >= 0.6 is 0 Å². The molecule has 0 fully saturated rings. The molecule has 4 rings (SSSR count). The van der Waals surface area contributed by atoms with Crippen molar-refractivity contribution in [2.75, 3.05) is 0 Å². The molecule has 1 aromatic carbocycles. The Balaban J connectivity index is 1.88. The zero-order valence-corrected chi connectivity index (χ0v) is 10.9. The minimum Gasteiger partial charge on any atom is -0.463 e. The zero-order valence-electron chi connectivity index (χ0n) is 10.9. The number of para-hydroxylation sites is 1. The molecule has 0 aliphatic carbocycles. The number of furan rings is 1. The first-order valence-electron chi connectivity index (χ1n) is 6.38. The lowest BCUT2D eigenvalue weighted by Crippen LogP contribution is -1.81. The van der Waals surface area contributed by atoms with Gasteiger partial charge in [0.25, 0.3) is 0 Å². The number of aryl methyl sites for hydroxylation is 1. The molecule has 4 nitrogen and oxygen atoms in total. The summed E-state index contributed by atoms with van der Waals surface area (Å²) in [5.74, 6) is 1.45. The number of benzene rings is 1. The van der Waals surface area contributed by atoms with E-state index in [-0.39, 0.29) is 0 Å². The van der Waals surface area contributed by atoms with Gasteiger partial charge in [0, 0.05) is 35.8 Å². The fourth-order valence-corrected chi connectivity index (χ4v) is 2.48. The SMILES string of the molecule is Cn1cc(-c2cc(-c3ccco3)no2)c2ccccc21. The average molecular weight is 264 g/mol. The quantitative estimate of drug-likeness (QED) is 0.547. The Morgan fingerprint density at radius 1 is 1.05 bits per heavy atom. The molecule has 0 atom stereocenters. The van der Waals surface area contributed by atoms with Crippen LogP contribution in [0.15, 0.2) is 63.9 Å². The van der Waals surface area contributed by atoms with Crippen LogP contribution in [0.25, 0.3) is 33.7 Å². The topological polar surface area (TPSA) is 44.1 Å². The first-order valence-corrected chi connectivity index (χ1v) is 6.38. The van der Waals surface area contributed by atoms with Crippen molar-refractivity contribution in [3.8, 4) is 22.8 Å². The third-order valence-corrected chi connectivity index (χ3v) is 3.45. The van der Waals surface area contributed by atoms with Crippen LogP contribution in [0, 0.1) is 0 Å². The monoisotopic (exact) mass is 264 g/mol.